The number of Topliss-reactive ketones (excluding diaryl/α,β-unsaturated/α-hetero) is 1. The normalized spacial score (nSPS) is 13.3. The average molecular weight is 474 g/mol. The third kappa shape index (κ3) is 3.92. The summed E-state index contributed by atoms with van der Waals surface area (Å²) in [5.41, 5.74) is -0.170. The Morgan fingerprint density at radius 2 is 1.63 bits per heavy atom. The fourth-order valence-corrected chi connectivity index (χ4v) is 4.16. The smallest absolute Gasteiger partial charge is 0.332 e. The minimum absolute atomic E-state index is 0.184. The molecule has 0 fully saturated rings. The van der Waals surface area contributed by atoms with Gasteiger partial charge in [0.05, 0.1) is 6.54 Å². The highest BCUT2D eigenvalue weighted by Crippen LogP contribution is 2.33. The van der Waals surface area contributed by atoms with Crippen molar-refractivity contribution in [2.24, 2.45) is 12.5 Å². The first-order valence-electron chi connectivity index (χ1n) is 11.5. The maximum Gasteiger partial charge on any atom is 0.332 e. The highest BCUT2D eigenvalue weighted by atomic mass is 16.5. The van der Waals surface area contributed by atoms with Crippen molar-refractivity contribution >= 4 is 28.6 Å². The van der Waals surface area contributed by atoms with Gasteiger partial charge in [0.2, 0.25) is 5.95 Å². The van der Waals surface area contributed by atoms with Gasteiger partial charge in [-0.15, -0.1) is 0 Å². The number of para-hydroxylation sites is 1. The van der Waals surface area contributed by atoms with Crippen molar-refractivity contribution < 1.29 is 9.53 Å². The van der Waals surface area contributed by atoms with Crippen LogP contribution in [0.3, 0.4) is 0 Å². The molecular weight excluding hydrogens is 446 g/mol. The Bertz CT molecular complexity index is 1540. The third-order valence-corrected chi connectivity index (χ3v) is 6.27. The number of imidazole rings is 1. The number of anilines is 2. The summed E-state index contributed by atoms with van der Waals surface area (Å²) in [5, 5.41) is 0. The molecule has 0 radical (unpaired) electrons. The van der Waals surface area contributed by atoms with E-state index < -0.39 is 16.7 Å². The Labute approximate surface area is 201 Å². The van der Waals surface area contributed by atoms with E-state index >= 15 is 0 Å². The molecule has 0 spiro atoms. The summed E-state index contributed by atoms with van der Waals surface area (Å²) >= 11 is 0. The fourth-order valence-electron chi connectivity index (χ4n) is 4.16. The molecule has 3 heterocycles. The predicted molar refractivity (Wildman–Crippen MR) is 134 cm³/mol. The number of carbonyl (C=O) groups is 1. The number of fused-ring (bicyclic) bond motifs is 3. The number of carbonyl (C=O) groups excluding carboxylic acids is 1. The first kappa shape index (κ1) is 22.6. The zero-order valence-electron chi connectivity index (χ0n) is 20.2. The summed E-state index contributed by atoms with van der Waals surface area (Å²) in [6, 6.07) is 17.2. The number of ether oxygens (including phenoxy) is 1. The summed E-state index contributed by atoms with van der Waals surface area (Å²) < 4.78 is 10.1. The van der Waals surface area contributed by atoms with E-state index in [1.54, 1.807) is 27.8 Å². The van der Waals surface area contributed by atoms with E-state index in [9.17, 15) is 14.4 Å². The van der Waals surface area contributed by atoms with E-state index in [0.29, 0.717) is 36.0 Å². The second kappa shape index (κ2) is 8.26. The Kier molecular flexibility index (Phi) is 5.35. The van der Waals surface area contributed by atoms with Crippen molar-refractivity contribution in [3.8, 4) is 11.5 Å². The molecule has 35 heavy (non-hydrogen) atoms. The van der Waals surface area contributed by atoms with Crippen LogP contribution in [-0.4, -0.2) is 31.0 Å². The van der Waals surface area contributed by atoms with Crippen LogP contribution in [0.1, 0.15) is 20.8 Å². The summed E-state index contributed by atoms with van der Waals surface area (Å²) in [6.07, 6.45) is 0. The molecule has 1 aliphatic heterocycles. The van der Waals surface area contributed by atoms with Crippen molar-refractivity contribution in [1.82, 2.24) is 18.7 Å². The van der Waals surface area contributed by atoms with E-state index in [2.05, 4.69) is 4.98 Å². The van der Waals surface area contributed by atoms with Gasteiger partial charge in [-0.3, -0.25) is 18.7 Å². The fraction of sp³-hybridized carbons (Fsp3) is 0.308. The molecule has 0 atom stereocenters. The van der Waals surface area contributed by atoms with Crippen molar-refractivity contribution in [2.75, 3.05) is 11.4 Å². The number of aromatic nitrogens is 4. The summed E-state index contributed by atoms with van der Waals surface area (Å²) in [6.45, 7) is 6.21. The number of benzene rings is 2. The van der Waals surface area contributed by atoms with Crippen molar-refractivity contribution in [1.29, 1.82) is 0 Å². The van der Waals surface area contributed by atoms with Gasteiger partial charge in [-0.2, -0.15) is 4.98 Å². The summed E-state index contributed by atoms with van der Waals surface area (Å²) in [4.78, 5) is 45.5. The number of ketones is 1. The highest BCUT2D eigenvalue weighted by Gasteiger charge is 2.30. The Balaban J connectivity index is 1.51. The van der Waals surface area contributed by atoms with Gasteiger partial charge in [0.15, 0.2) is 16.9 Å². The van der Waals surface area contributed by atoms with E-state index in [4.69, 9.17) is 4.74 Å². The van der Waals surface area contributed by atoms with E-state index in [1.807, 2.05) is 64.1 Å². The number of hydrogen-bond acceptors (Lipinski definition) is 6. The number of nitrogens with zero attached hydrogens (tertiary/aromatic N) is 5. The van der Waals surface area contributed by atoms with Crippen LogP contribution in [0, 0.1) is 5.41 Å². The first-order chi connectivity index (χ1) is 16.6. The quantitative estimate of drug-likeness (QED) is 0.441. The van der Waals surface area contributed by atoms with Crippen LogP contribution in [0.15, 0.2) is 64.2 Å². The van der Waals surface area contributed by atoms with Crippen LogP contribution in [0.4, 0.5) is 11.6 Å². The van der Waals surface area contributed by atoms with Crippen LogP contribution < -0.4 is 20.9 Å². The second-order valence-corrected chi connectivity index (χ2v) is 9.70. The minimum Gasteiger partial charge on any atom is -0.457 e. The Morgan fingerprint density at radius 1 is 0.971 bits per heavy atom. The monoisotopic (exact) mass is 473 g/mol. The number of hydrogen-bond donors (Lipinski definition) is 0. The number of aryl methyl sites for hydroxylation is 1. The molecule has 0 N–H and O–H groups in total. The lowest BCUT2D eigenvalue weighted by molar-refractivity contribution is -0.127. The Hall–Kier alpha value is -4.14. The molecule has 2 aromatic carbocycles. The molecule has 5 rings (SSSR count). The standard InChI is InChI=1S/C26H27N5O4/c1-26(2,3)20(32)16-31-23(33)21-22(28(4)25(31)34)27-24-29(14-15-30(21)24)17-10-12-19(13-11-17)35-18-8-6-5-7-9-18/h5-13H,14-16H2,1-4H3. The zero-order valence-corrected chi connectivity index (χ0v) is 20.2. The molecule has 0 amide bonds. The lowest BCUT2D eigenvalue weighted by Gasteiger charge is -2.17. The third-order valence-electron chi connectivity index (χ3n) is 6.27. The molecule has 0 aliphatic carbocycles. The molecule has 4 aromatic rings. The topological polar surface area (TPSA) is 91.4 Å². The molecule has 0 bridgehead atoms. The molecule has 2 aromatic heterocycles. The molecule has 1 aliphatic rings. The minimum atomic E-state index is -0.661. The van der Waals surface area contributed by atoms with Gasteiger partial charge in [0, 0.05) is 31.2 Å². The van der Waals surface area contributed by atoms with E-state index in [0.717, 1.165) is 16.0 Å². The molecule has 0 saturated carbocycles. The number of rotatable bonds is 5. The largest absolute Gasteiger partial charge is 0.457 e. The van der Waals surface area contributed by atoms with Gasteiger partial charge in [-0.25, -0.2) is 4.79 Å². The van der Waals surface area contributed by atoms with Crippen molar-refractivity contribution in [3.63, 3.8) is 0 Å². The summed E-state index contributed by atoms with van der Waals surface area (Å²) in [7, 11) is 1.57. The lowest BCUT2D eigenvalue weighted by Crippen LogP contribution is -2.43. The molecule has 9 nitrogen and oxygen atoms in total. The molecule has 0 unspecified atom stereocenters. The summed E-state index contributed by atoms with van der Waals surface area (Å²) in [5.74, 6) is 1.87. The first-order valence-corrected chi connectivity index (χ1v) is 11.5. The van der Waals surface area contributed by atoms with Gasteiger partial charge in [0.25, 0.3) is 5.56 Å². The van der Waals surface area contributed by atoms with Crippen LogP contribution >= 0.6 is 0 Å². The van der Waals surface area contributed by atoms with Gasteiger partial charge in [-0.05, 0) is 36.4 Å². The van der Waals surface area contributed by atoms with Gasteiger partial charge in [-0.1, -0.05) is 39.0 Å². The van der Waals surface area contributed by atoms with Gasteiger partial charge >= 0.3 is 5.69 Å². The molecule has 0 saturated heterocycles. The van der Waals surface area contributed by atoms with E-state index in [-0.39, 0.29) is 12.3 Å². The molecular formula is C26H27N5O4. The van der Waals surface area contributed by atoms with Crippen molar-refractivity contribution in [2.45, 2.75) is 33.9 Å². The maximum atomic E-state index is 13.3. The van der Waals surface area contributed by atoms with Crippen LogP contribution in [-0.2, 0) is 24.9 Å². The molecule has 9 heteroatoms. The Morgan fingerprint density at radius 3 is 2.29 bits per heavy atom. The van der Waals surface area contributed by atoms with Crippen LogP contribution in [0.2, 0.25) is 0 Å². The van der Waals surface area contributed by atoms with Crippen LogP contribution in [0.5, 0.6) is 11.5 Å². The second-order valence-electron chi connectivity index (χ2n) is 9.70. The van der Waals surface area contributed by atoms with Crippen LogP contribution in [0.25, 0.3) is 11.2 Å². The average Bonchev–Trinajstić information content (AvgIpc) is 3.40. The highest BCUT2D eigenvalue weighted by molar-refractivity contribution is 5.84. The SMILES string of the molecule is Cn1c(=O)n(CC(=O)C(C)(C)C)c(=O)c2c1nc1n2CCN1c1ccc(Oc2ccccc2)cc1. The van der Waals surface area contributed by atoms with Crippen molar-refractivity contribution in [3.05, 3.63) is 75.4 Å². The van der Waals surface area contributed by atoms with Gasteiger partial charge < -0.3 is 14.2 Å². The maximum absolute atomic E-state index is 13.3. The lowest BCUT2D eigenvalue weighted by atomic mass is 9.91. The van der Waals surface area contributed by atoms with Gasteiger partial charge in [0.1, 0.15) is 11.5 Å². The predicted octanol–water partition coefficient (Wildman–Crippen LogP) is 3.46. The molecule has 180 valence electrons. The van der Waals surface area contributed by atoms with E-state index in [1.165, 1.54) is 4.57 Å². The zero-order chi connectivity index (χ0) is 24.9.